The molecular weight excluding hydrogens is 522 g/mol. The van der Waals surface area contributed by atoms with Gasteiger partial charge in [-0.1, -0.05) is 23.8 Å². The number of nitrogens with zero attached hydrogens (tertiary/aromatic N) is 1. The lowest BCUT2D eigenvalue weighted by Crippen LogP contribution is -2.60. The molecule has 4 amide bonds. The summed E-state index contributed by atoms with van der Waals surface area (Å²) in [6.07, 6.45) is 1.96. The third-order valence-electron chi connectivity index (χ3n) is 8.29. The lowest BCUT2D eigenvalue weighted by atomic mass is 9.56. The van der Waals surface area contributed by atoms with E-state index in [2.05, 4.69) is 5.32 Å². The summed E-state index contributed by atoms with van der Waals surface area (Å²) in [5, 5.41) is 12.5. The summed E-state index contributed by atoms with van der Waals surface area (Å²) in [5.74, 6) is -5.78. The zero-order chi connectivity index (χ0) is 26.4. The molecule has 2 saturated heterocycles. The molecule has 1 saturated carbocycles. The van der Waals surface area contributed by atoms with Crippen LogP contribution in [0, 0.1) is 30.5 Å². The average Bonchev–Trinajstić information content (AvgIpc) is 3.23. The molecule has 7 nitrogen and oxygen atoms in total. The van der Waals surface area contributed by atoms with Gasteiger partial charge in [0.05, 0.1) is 17.5 Å². The van der Waals surface area contributed by atoms with E-state index in [9.17, 15) is 28.7 Å². The molecule has 0 radical (unpaired) electrons. The van der Waals surface area contributed by atoms with Crippen molar-refractivity contribution in [3.8, 4) is 5.75 Å². The van der Waals surface area contributed by atoms with Crippen molar-refractivity contribution in [1.29, 1.82) is 0 Å². The number of rotatable bonds is 2. The van der Waals surface area contributed by atoms with E-state index in [4.69, 9.17) is 23.2 Å². The van der Waals surface area contributed by atoms with Gasteiger partial charge in [0, 0.05) is 5.92 Å². The number of anilines is 1. The number of halogens is 3. The Bertz CT molecular complexity index is 1440. The number of hydrogen-bond donors (Lipinski definition) is 2. The molecule has 6 unspecified atom stereocenters. The molecular formula is C27H21Cl2FN2O5. The summed E-state index contributed by atoms with van der Waals surface area (Å²) < 4.78 is 13.6. The zero-order valence-electron chi connectivity index (χ0n) is 19.5. The van der Waals surface area contributed by atoms with Crippen molar-refractivity contribution in [2.75, 3.05) is 4.90 Å². The van der Waals surface area contributed by atoms with E-state index in [1.54, 1.807) is 19.1 Å². The van der Waals surface area contributed by atoms with Gasteiger partial charge in [0.15, 0.2) is 9.75 Å². The number of aryl methyl sites for hydroxylation is 1. The Morgan fingerprint density at radius 3 is 2.38 bits per heavy atom. The highest BCUT2D eigenvalue weighted by Crippen LogP contribution is 2.65. The molecule has 190 valence electrons. The lowest BCUT2D eigenvalue weighted by molar-refractivity contribution is -0.127. The van der Waals surface area contributed by atoms with Crippen LogP contribution < -0.4 is 10.2 Å². The predicted molar refractivity (Wildman–Crippen MR) is 133 cm³/mol. The van der Waals surface area contributed by atoms with E-state index in [1.807, 2.05) is 6.08 Å². The summed E-state index contributed by atoms with van der Waals surface area (Å²) in [6.45, 7) is 1.69. The Morgan fingerprint density at radius 2 is 1.70 bits per heavy atom. The van der Waals surface area contributed by atoms with Gasteiger partial charge in [-0.2, -0.15) is 0 Å². The van der Waals surface area contributed by atoms with Crippen LogP contribution in [-0.2, 0) is 19.2 Å². The van der Waals surface area contributed by atoms with Crippen LogP contribution in [0.5, 0.6) is 5.75 Å². The van der Waals surface area contributed by atoms with E-state index in [-0.39, 0.29) is 30.2 Å². The molecule has 6 rings (SSSR count). The molecule has 0 aromatic heterocycles. The Hall–Kier alpha value is -3.23. The fourth-order valence-electron chi connectivity index (χ4n) is 6.54. The van der Waals surface area contributed by atoms with Crippen LogP contribution in [0.15, 0.2) is 54.1 Å². The number of phenols is 1. The Balaban J connectivity index is 1.58. The van der Waals surface area contributed by atoms with Crippen LogP contribution in [0.2, 0.25) is 0 Å². The number of imide groups is 2. The largest absolute Gasteiger partial charge is 0.508 e. The first-order valence-corrected chi connectivity index (χ1v) is 12.6. The van der Waals surface area contributed by atoms with Crippen molar-refractivity contribution < 1.29 is 28.7 Å². The fourth-order valence-corrected chi connectivity index (χ4v) is 7.48. The normalized spacial score (nSPS) is 34.6. The van der Waals surface area contributed by atoms with Gasteiger partial charge in [0.1, 0.15) is 11.6 Å². The molecule has 4 aliphatic rings. The average molecular weight is 543 g/mol. The van der Waals surface area contributed by atoms with Crippen LogP contribution in [0.3, 0.4) is 0 Å². The van der Waals surface area contributed by atoms with Gasteiger partial charge < -0.3 is 5.11 Å². The summed E-state index contributed by atoms with van der Waals surface area (Å²) in [4.78, 5) is 50.3. The summed E-state index contributed by atoms with van der Waals surface area (Å²) in [7, 11) is 0. The van der Waals surface area contributed by atoms with E-state index < -0.39 is 57.0 Å². The molecule has 2 heterocycles. The second-order valence-electron chi connectivity index (χ2n) is 10.2. The highest BCUT2D eigenvalue weighted by Gasteiger charge is 2.76. The maximum atomic E-state index is 14.1. The molecule has 2 N–H and O–H groups in total. The SMILES string of the molecule is Cc1cc(C2C3=CCC4C(=O)NC(=O)C4C3CC3(Cl)C(=O)N(c4ccc(F)cc4)C(=O)C23Cl)ccc1O. The minimum atomic E-state index is -1.99. The van der Waals surface area contributed by atoms with Crippen molar-refractivity contribution in [1.82, 2.24) is 5.32 Å². The maximum absolute atomic E-state index is 14.1. The standard InChI is InChI=1S/C27H21Cl2FN2O5/c1-12-10-13(2-9-19(12)33)21-16-7-8-17-20(23(35)31-22(17)34)18(16)11-26(28)24(36)32(25(37)27(21,26)29)15-5-3-14(30)4-6-15/h2-7,9-10,17-18,20-21,33H,8,11H2,1H3,(H,31,34,35). The van der Waals surface area contributed by atoms with Crippen LogP contribution in [0.1, 0.15) is 29.9 Å². The monoisotopic (exact) mass is 542 g/mol. The third kappa shape index (κ3) is 3.06. The number of fused-ring (bicyclic) bond motifs is 4. The van der Waals surface area contributed by atoms with Crippen LogP contribution in [0.25, 0.3) is 0 Å². The minimum Gasteiger partial charge on any atom is -0.508 e. The highest BCUT2D eigenvalue weighted by molar-refractivity contribution is 6.58. The minimum absolute atomic E-state index is 0.0390. The third-order valence-corrected chi connectivity index (χ3v) is 9.71. The highest BCUT2D eigenvalue weighted by atomic mass is 35.5. The molecule has 3 fully saturated rings. The number of nitrogens with one attached hydrogen (secondary N) is 1. The van der Waals surface area contributed by atoms with E-state index >= 15 is 0 Å². The maximum Gasteiger partial charge on any atom is 0.258 e. The number of alkyl halides is 2. The fraction of sp³-hybridized carbons (Fsp3) is 0.333. The molecule has 37 heavy (non-hydrogen) atoms. The van der Waals surface area contributed by atoms with Gasteiger partial charge in [-0.3, -0.25) is 24.5 Å². The number of hydrogen-bond acceptors (Lipinski definition) is 5. The van der Waals surface area contributed by atoms with Crippen LogP contribution in [0.4, 0.5) is 10.1 Å². The van der Waals surface area contributed by atoms with Gasteiger partial charge in [0.25, 0.3) is 11.8 Å². The van der Waals surface area contributed by atoms with Gasteiger partial charge in [-0.15, -0.1) is 23.2 Å². The smallest absolute Gasteiger partial charge is 0.258 e. The van der Waals surface area contributed by atoms with Crippen LogP contribution in [-0.4, -0.2) is 38.5 Å². The Morgan fingerprint density at radius 1 is 1.00 bits per heavy atom. The molecule has 0 bridgehead atoms. The summed E-state index contributed by atoms with van der Waals surface area (Å²) in [6, 6.07) is 9.62. The number of aromatic hydroxyl groups is 1. The number of carbonyl (C=O) groups is 4. The number of phenolic OH excluding ortho intramolecular Hbond substituents is 1. The van der Waals surface area contributed by atoms with E-state index in [1.165, 1.54) is 18.2 Å². The van der Waals surface area contributed by atoms with Gasteiger partial charge >= 0.3 is 0 Å². The Kier molecular flexibility index (Phi) is 5.14. The van der Waals surface area contributed by atoms with Crippen molar-refractivity contribution in [3.63, 3.8) is 0 Å². The number of benzene rings is 2. The topological polar surface area (TPSA) is 104 Å². The number of amides is 4. The summed E-state index contributed by atoms with van der Waals surface area (Å²) >= 11 is 14.4. The van der Waals surface area contributed by atoms with Gasteiger partial charge in [0.2, 0.25) is 11.8 Å². The van der Waals surface area contributed by atoms with Crippen molar-refractivity contribution in [2.45, 2.75) is 35.4 Å². The zero-order valence-corrected chi connectivity index (χ0v) is 21.0. The van der Waals surface area contributed by atoms with Crippen molar-refractivity contribution >= 4 is 52.5 Å². The first kappa shape index (κ1) is 24.1. The molecule has 0 spiro atoms. The molecule has 10 heteroatoms. The van der Waals surface area contributed by atoms with E-state index in [0.29, 0.717) is 16.7 Å². The predicted octanol–water partition coefficient (Wildman–Crippen LogP) is 3.69. The molecule has 2 aliphatic heterocycles. The number of allylic oxidation sites excluding steroid dienone is 2. The van der Waals surface area contributed by atoms with Gasteiger partial charge in [-0.25, -0.2) is 9.29 Å². The van der Waals surface area contributed by atoms with Gasteiger partial charge in [-0.05, 0) is 67.1 Å². The molecule has 2 aromatic carbocycles. The second-order valence-corrected chi connectivity index (χ2v) is 11.4. The lowest BCUT2D eigenvalue weighted by Gasteiger charge is -2.50. The molecule has 2 aromatic rings. The first-order chi connectivity index (χ1) is 17.5. The quantitative estimate of drug-likeness (QED) is 0.342. The number of carbonyl (C=O) groups excluding carboxylic acids is 4. The Labute approximate surface area is 221 Å². The van der Waals surface area contributed by atoms with Crippen molar-refractivity contribution in [2.24, 2.45) is 17.8 Å². The molecule has 2 aliphatic carbocycles. The van der Waals surface area contributed by atoms with Crippen molar-refractivity contribution in [3.05, 3.63) is 71.1 Å². The first-order valence-electron chi connectivity index (χ1n) is 11.9. The second kappa shape index (κ2) is 7.88. The summed E-state index contributed by atoms with van der Waals surface area (Å²) in [5.41, 5.74) is 1.84. The van der Waals surface area contributed by atoms with Crippen LogP contribution >= 0.6 is 23.2 Å². The molecule has 6 atom stereocenters. The van der Waals surface area contributed by atoms with E-state index in [0.717, 1.165) is 17.0 Å².